The third-order valence-corrected chi connectivity index (χ3v) is 9.49. The number of ether oxygens (including phenoxy) is 2. The zero-order chi connectivity index (χ0) is 31.0. The van der Waals surface area contributed by atoms with Crippen LogP contribution in [-0.2, 0) is 36.3 Å². The summed E-state index contributed by atoms with van der Waals surface area (Å²) >= 11 is 0. The van der Waals surface area contributed by atoms with E-state index in [0.717, 1.165) is 0 Å². The Bertz CT molecular complexity index is 1690. The predicted octanol–water partition coefficient (Wildman–Crippen LogP) is 0.578. The molecule has 6 atom stereocenters. The molecule has 3 aromatic rings. The number of carbonyl (C=O) groups excluding carboxylic acids is 1. The second kappa shape index (κ2) is 12.0. The minimum absolute atomic E-state index is 0.00200. The third kappa shape index (κ3) is 7.76. The SMILES string of the molecule is CC(N)c1ccccc1C(=O)O[C@@H]1C[C@H](n2cnc3c(=O)[nH]c(N)nc32)OC1COP(=O)(O)OP(=O)(O)OP(=O)(O)O. The van der Waals surface area contributed by atoms with Gasteiger partial charge in [0.1, 0.15) is 18.4 Å². The van der Waals surface area contributed by atoms with Gasteiger partial charge >= 0.3 is 29.4 Å². The molecule has 3 heterocycles. The molecule has 0 amide bonds. The van der Waals surface area contributed by atoms with Crippen LogP contribution in [0.1, 0.15) is 41.5 Å². The second-order valence-corrected chi connectivity index (χ2v) is 13.3. The van der Waals surface area contributed by atoms with E-state index in [2.05, 4.69) is 23.6 Å². The van der Waals surface area contributed by atoms with Crippen molar-refractivity contribution in [3.05, 3.63) is 52.1 Å². The summed E-state index contributed by atoms with van der Waals surface area (Å²) in [6.45, 7) is 0.729. The molecule has 1 aromatic carbocycles. The molecule has 1 aliphatic rings. The monoisotopic (exact) mass is 654 g/mol. The fourth-order valence-corrected chi connectivity index (χ4v) is 7.08. The lowest BCUT2D eigenvalue weighted by Gasteiger charge is -2.21. The van der Waals surface area contributed by atoms with Gasteiger partial charge in [0.2, 0.25) is 5.95 Å². The topological polar surface area (TPSA) is 311 Å². The zero-order valence-electron chi connectivity index (χ0n) is 21.3. The second-order valence-electron chi connectivity index (χ2n) is 8.85. The lowest BCUT2D eigenvalue weighted by molar-refractivity contribution is -0.0490. The summed E-state index contributed by atoms with van der Waals surface area (Å²) in [6, 6.07) is 5.79. The quantitative estimate of drug-likeness (QED) is 0.110. The molecule has 0 saturated carbocycles. The normalized spacial score (nSPS) is 22.9. The Hall–Kier alpha value is -2.83. The molecule has 4 unspecified atom stereocenters. The Kier molecular flexibility index (Phi) is 9.20. The average Bonchev–Trinajstić information content (AvgIpc) is 3.44. The van der Waals surface area contributed by atoms with Crippen molar-refractivity contribution < 1.29 is 60.7 Å². The highest BCUT2D eigenvalue weighted by Crippen LogP contribution is 2.66. The summed E-state index contributed by atoms with van der Waals surface area (Å²) in [7, 11) is -16.9. The van der Waals surface area contributed by atoms with Gasteiger partial charge in [-0.3, -0.25) is 18.9 Å². The molecule has 23 heteroatoms. The number of esters is 1. The van der Waals surface area contributed by atoms with Crippen LogP contribution in [0.25, 0.3) is 11.2 Å². The number of hydrogen-bond donors (Lipinski definition) is 7. The number of aromatic nitrogens is 4. The van der Waals surface area contributed by atoms with Gasteiger partial charge in [-0.25, -0.2) is 23.5 Å². The molecule has 4 rings (SSSR count). The average molecular weight is 654 g/mol. The highest BCUT2D eigenvalue weighted by atomic mass is 31.3. The van der Waals surface area contributed by atoms with Gasteiger partial charge < -0.3 is 40.5 Å². The number of nitrogen functional groups attached to an aromatic ring is 1. The van der Waals surface area contributed by atoms with Crippen molar-refractivity contribution in [1.29, 1.82) is 0 Å². The molecule has 2 aromatic heterocycles. The van der Waals surface area contributed by atoms with Crippen LogP contribution in [0.3, 0.4) is 0 Å². The van der Waals surface area contributed by atoms with Crippen LogP contribution in [0.15, 0.2) is 35.4 Å². The molecule has 1 fully saturated rings. The summed E-state index contributed by atoms with van der Waals surface area (Å²) < 4.78 is 59.7. The predicted molar refractivity (Wildman–Crippen MR) is 139 cm³/mol. The maximum atomic E-state index is 13.1. The largest absolute Gasteiger partial charge is 0.490 e. The first-order valence-electron chi connectivity index (χ1n) is 11.7. The molecule has 0 aliphatic carbocycles. The van der Waals surface area contributed by atoms with E-state index in [-0.39, 0.29) is 29.1 Å². The Morgan fingerprint density at radius 3 is 2.55 bits per heavy atom. The number of phosphoric ester groups is 1. The lowest BCUT2D eigenvalue weighted by atomic mass is 10.0. The van der Waals surface area contributed by atoms with E-state index < -0.39 is 66.1 Å². The molecular weight excluding hydrogens is 629 g/mol. The van der Waals surface area contributed by atoms with Crippen molar-refractivity contribution in [2.75, 3.05) is 12.3 Å². The zero-order valence-corrected chi connectivity index (χ0v) is 24.0. The molecule has 0 spiro atoms. The van der Waals surface area contributed by atoms with Crippen LogP contribution in [0.5, 0.6) is 0 Å². The number of rotatable bonds is 11. The molecule has 230 valence electrons. The van der Waals surface area contributed by atoms with Gasteiger partial charge in [0.05, 0.1) is 18.5 Å². The van der Waals surface area contributed by atoms with Crippen molar-refractivity contribution in [3.63, 3.8) is 0 Å². The van der Waals surface area contributed by atoms with Crippen LogP contribution < -0.4 is 17.0 Å². The number of H-pyrrole nitrogens is 1. The van der Waals surface area contributed by atoms with E-state index in [9.17, 15) is 33.1 Å². The molecule has 1 saturated heterocycles. The van der Waals surface area contributed by atoms with Crippen LogP contribution >= 0.6 is 23.5 Å². The number of imidazole rings is 1. The number of nitrogens with one attached hydrogen (secondary N) is 1. The van der Waals surface area contributed by atoms with Crippen molar-refractivity contribution in [2.24, 2.45) is 5.73 Å². The number of nitrogens with two attached hydrogens (primary N) is 2. The van der Waals surface area contributed by atoms with Gasteiger partial charge in [-0.05, 0) is 18.6 Å². The highest BCUT2D eigenvalue weighted by Gasteiger charge is 2.44. The Morgan fingerprint density at radius 2 is 1.88 bits per heavy atom. The highest BCUT2D eigenvalue weighted by molar-refractivity contribution is 7.66. The van der Waals surface area contributed by atoms with Crippen LogP contribution in [0.4, 0.5) is 5.95 Å². The van der Waals surface area contributed by atoms with Crippen molar-refractivity contribution >= 4 is 46.5 Å². The van der Waals surface area contributed by atoms with Crippen LogP contribution in [0.2, 0.25) is 0 Å². The molecule has 0 radical (unpaired) electrons. The number of phosphoric acid groups is 3. The first-order chi connectivity index (χ1) is 19.4. The van der Waals surface area contributed by atoms with Gasteiger partial charge in [0, 0.05) is 12.5 Å². The molecule has 0 bridgehead atoms. The first-order valence-corrected chi connectivity index (χ1v) is 16.2. The van der Waals surface area contributed by atoms with E-state index in [1.54, 1.807) is 25.1 Å². The number of aromatic amines is 1. The van der Waals surface area contributed by atoms with Gasteiger partial charge in [-0.1, -0.05) is 18.2 Å². The minimum atomic E-state index is -5.78. The fraction of sp³-hybridized carbons (Fsp3) is 0.368. The van der Waals surface area contributed by atoms with Crippen LogP contribution in [0, 0.1) is 0 Å². The summed E-state index contributed by atoms with van der Waals surface area (Å²) in [5.41, 5.74) is 11.4. The summed E-state index contributed by atoms with van der Waals surface area (Å²) in [5, 5.41) is 0. The fourth-order valence-electron chi connectivity index (χ4n) is 4.05. The number of anilines is 1. The number of hydrogen-bond acceptors (Lipinski definition) is 14. The lowest BCUT2D eigenvalue weighted by Crippen LogP contribution is -2.31. The number of carbonyl (C=O) groups is 1. The number of nitrogens with zero attached hydrogens (tertiary/aromatic N) is 3. The van der Waals surface area contributed by atoms with Crippen LogP contribution in [-0.4, -0.2) is 63.9 Å². The maximum absolute atomic E-state index is 13.1. The Balaban J connectivity index is 1.59. The van der Waals surface area contributed by atoms with E-state index in [1.165, 1.54) is 17.0 Å². The van der Waals surface area contributed by atoms with E-state index in [0.29, 0.717) is 5.56 Å². The van der Waals surface area contributed by atoms with Crippen molar-refractivity contribution in [3.8, 4) is 0 Å². The molecule has 9 N–H and O–H groups in total. The van der Waals surface area contributed by atoms with Gasteiger partial charge in [-0.2, -0.15) is 13.6 Å². The van der Waals surface area contributed by atoms with E-state index in [1.807, 2.05) is 0 Å². The summed E-state index contributed by atoms with van der Waals surface area (Å²) in [6.07, 6.45) is -2.57. The Labute approximate surface area is 235 Å². The first kappa shape index (κ1) is 32.1. The van der Waals surface area contributed by atoms with Gasteiger partial charge in [0.15, 0.2) is 11.2 Å². The number of fused-ring (bicyclic) bond motifs is 1. The summed E-state index contributed by atoms with van der Waals surface area (Å²) in [5.74, 6) is -1.07. The van der Waals surface area contributed by atoms with E-state index >= 15 is 0 Å². The minimum Gasteiger partial charge on any atom is -0.456 e. The van der Waals surface area contributed by atoms with Crippen molar-refractivity contribution in [2.45, 2.75) is 37.8 Å². The van der Waals surface area contributed by atoms with Gasteiger partial charge in [-0.15, -0.1) is 0 Å². The molecule has 42 heavy (non-hydrogen) atoms. The Morgan fingerprint density at radius 1 is 1.19 bits per heavy atom. The standard InChI is InChI=1S/C19H25N6O14P3/c1-9(20)10-4-2-3-5-11(10)18(27)37-12-6-14(25-8-22-15-16(25)23-19(21)24-17(15)26)36-13(12)7-35-41(31,32)39-42(33,34)38-40(28,29)30/h2-5,8-9,12-14H,6-7,20H2,1H3,(H,31,32)(H,33,34)(H2,28,29,30)(H3,21,23,24,26)/t9?,12-,13?,14-/m1/s1. The molecule has 20 nitrogen and oxygen atoms in total. The molecular formula is C19H25N6O14P3. The maximum Gasteiger partial charge on any atom is 0.490 e. The number of benzene rings is 1. The summed E-state index contributed by atoms with van der Waals surface area (Å²) in [4.78, 5) is 72.3. The van der Waals surface area contributed by atoms with E-state index in [4.69, 9.17) is 35.3 Å². The third-order valence-electron chi connectivity index (χ3n) is 5.69. The smallest absolute Gasteiger partial charge is 0.456 e. The van der Waals surface area contributed by atoms with Crippen molar-refractivity contribution in [1.82, 2.24) is 19.5 Å². The van der Waals surface area contributed by atoms with Gasteiger partial charge in [0.25, 0.3) is 5.56 Å². The molecule has 1 aliphatic heterocycles.